The largest absolute Gasteiger partial charge is 0.481 e. The van der Waals surface area contributed by atoms with Crippen molar-refractivity contribution in [3.8, 4) is 0 Å². The van der Waals surface area contributed by atoms with Gasteiger partial charge in [-0.05, 0) is 13.0 Å². The maximum absolute atomic E-state index is 11.2. The number of hydrogen-bond donors (Lipinski definition) is 2. The highest BCUT2D eigenvalue weighted by Gasteiger charge is 2.25. The van der Waals surface area contributed by atoms with E-state index in [0.717, 1.165) is 13.0 Å². The lowest BCUT2D eigenvalue weighted by molar-refractivity contribution is -0.141. The summed E-state index contributed by atoms with van der Waals surface area (Å²) in [6.07, 6.45) is 0.930. The summed E-state index contributed by atoms with van der Waals surface area (Å²) in [5.41, 5.74) is 0. The fourth-order valence-electron chi connectivity index (χ4n) is 1.59. The zero-order chi connectivity index (χ0) is 10.6. The Morgan fingerprint density at radius 1 is 1.71 bits per heavy atom. The minimum atomic E-state index is -0.840. The lowest BCUT2D eigenvalue weighted by atomic mass is 10.1. The molecule has 1 amide bonds. The van der Waals surface area contributed by atoms with E-state index in [-0.39, 0.29) is 12.5 Å². The number of carboxylic acid groups (broad SMARTS) is 1. The average molecular weight is 200 g/mol. The normalized spacial score (nSPS) is 24.1. The van der Waals surface area contributed by atoms with E-state index in [9.17, 15) is 9.59 Å². The van der Waals surface area contributed by atoms with Crippen LogP contribution in [-0.2, 0) is 9.59 Å². The third-order valence-corrected chi connectivity index (χ3v) is 2.28. The van der Waals surface area contributed by atoms with Crippen molar-refractivity contribution in [1.82, 2.24) is 10.2 Å². The van der Waals surface area contributed by atoms with Gasteiger partial charge in [-0.2, -0.15) is 0 Å². The summed E-state index contributed by atoms with van der Waals surface area (Å²) in [5.74, 6) is -1.40. The summed E-state index contributed by atoms with van der Waals surface area (Å²) in [4.78, 5) is 23.9. The summed E-state index contributed by atoms with van der Waals surface area (Å²) >= 11 is 0. The molecule has 1 rings (SSSR count). The van der Waals surface area contributed by atoms with Gasteiger partial charge in [-0.15, -0.1) is 0 Å². The highest BCUT2D eigenvalue weighted by Crippen LogP contribution is 2.05. The van der Waals surface area contributed by atoms with Gasteiger partial charge in [0, 0.05) is 13.1 Å². The van der Waals surface area contributed by atoms with Crippen molar-refractivity contribution in [2.45, 2.75) is 13.3 Å². The summed E-state index contributed by atoms with van der Waals surface area (Å²) < 4.78 is 0. The Morgan fingerprint density at radius 3 is 3.00 bits per heavy atom. The zero-order valence-electron chi connectivity index (χ0n) is 8.32. The minimum Gasteiger partial charge on any atom is -0.481 e. The first-order valence-electron chi connectivity index (χ1n) is 4.85. The fourth-order valence-corrected chi connectivity index (χ4v) is 1.59. The number of carbonyl (C=O) groups excluding carboxylic acids is 1. The van der Waals surface area contributed by atoms with Crippen molar-refractivity contribution in [3.05, 3.63) is 0 Å². The number of nitrogens with zero attached hydrogens (tertiary/aromatic N) is 1. The van der Waals surface area contributed by atoms with E-state index in [1.165, 1.54) is 0 Å². The SMILES string of the molecule is CCCN1CC(=O)NCC(C(=O)O)C1. The van der Waals surface area contributed by atoms with Crippen LogP contribution in [0.1, 0.15) is 13.3 Å². The molecule has 1 heterocycles. The van der Waals surface area contributed by atoms with Crippen LogP contribution in [0.4, 0.5) is 0 Å². The van der Waals surface area contributed by atoms with Gasteiger partial charge in [0.05, 0.1) is 12.5 Å². The van der Waals surface area contributed by atoms with Crippen LogP contribution in [0, 0.1) is 5.92 Å². The van der Waals surface area contributed by atoms with Crippen LogP contribution in [0.5, 0.6) is 0 Å². The van der Waals surface area contributed by atoms with Crippen LogP contribution >= 0.6 is 0 Å². The van der Waals surface area contributed by atoms with Gasteiger partial charge in [0.15, 0.2) is 0 Å². The Morgan fingerprint density at radius 2 is 2.43 bits per heavy atom. The van der Waals surface area contributed by atoms with Crippen LogP contribution in [0.15, 0.2) is 0 Å². The molecule has 0 bridgehead atoms. The van der Waals surface area contributed by atoms with Gasteiger partial charge in [-0.1, -0.05) is 6.92 Å². The molecule has 1 aliphatic rings. The molecule has 80 valence electrons. The van der Waals surface area contributed by atoms with Gasteiger partial charge in [0.1, 0.15) is 0 Å². The Bertz CT molecular complexity index is 230. The second kappa shape index (κ2) is 4.95. The fraction of sp³-hybridized carbons (Fsp3) is 0.778. The van der Waals surface area contributed by atoms with Crippen molar-refractivity contribution in [2.75, 3.05) is 26.2 Å². The maximum atomic E-state index is 11.2. The molecule has 1 aliphatic heterocycles. The predicted molar refractivity (Wildman–Crippen MR) is 50.9 cm³/mol. The average Bonchev–Trinajstić information content (AvgIpc) is 2.28. The highest BCUT2D eigenvalue weighted by atomic mass is 16.4. The third kappa shape index (κ3) is 2.99. The van der Waals surface area contributed by atoms with Crippen LogP contribution in [0.25, 0.3) is 0 Å². The number of carboxylic acids is 1. The molecule has 0 saturated carbocycles. The molecule has 5 heteroatoms. The molecule has 14 heavy (non-hydrogen) atoms. The Hall–Kier alpha value is -1.10. The predicted octanol–water partition coefficient (Wildman–Crippen LogP) is -0.471. The molecule has 5 nitrogen and oxygen atoms in total. The summed E-state index contributed by atoms with van der Waals surface area (Å²) in [7, 11) is 0. The molecule has 1 fully saturated rings. The lowest BCUT2D eigenvalue weighted by Gasteiger charge is -2.19. The molecule has 0 spiro atoms. The van der Waals surface area contributed by atoms with E-state index >= 15 is 0 Å². The zero-order valence-corrected chi connectivity index (χ0v) is 8.32. The second-order valence-electron chi connectivity index (χ2n) is 3.57. The summed E-state index contributed by atoms with van der Waals surface area (Å²) in [5, 5.41) is 11.5. The van der Waals surface area contributed by atoms with Crippen LogP contribution < -0.4 is 5.32 Å². The molecule has 0 aromatic rings. The van der Waals surface area contributed by atoms with Crippen molar-refractivity contribution < 1.29 is 14.7 Å². The Kier molecular flexibility index (Phi) is 3.88. The standard InChI is InChI=1S/C9H16N2O3/c1-2-3-11-5-7(9(13)14)4-10-8(12)6-11/h7H,2-6H2,1H3,(H,10,12)(H,13,14). The first-order valence-corrected chi connectivity index (χ1v) is 4.85. The Labute approximate surface area is 83.1 Å². The molecule has 1 atom stereocenters. The quantitative estimate of drug-likeness (QED) is 0.646. The smallest absolute Gasteiger partial charge is 0.309 e. The van der Waals surface area contributed by atoms with Gasteiger partial charge < -0.3 is 10.4 Å². The van der Waals surface area contributed by atoms with Gasteiger partial charge in [0.2, 0.25) is 5.91 Å². The number of nitrogens with one attached hydrogen (secondary N) is 1. The van der Waals surface area contributed by atoms with Crippen LogP contribution in [0.3, 0.4) is 0 Å². The van der Waals surface area contributed by atoms with E-state index in [4.69, 9.17) is 5.11 Å². The molecule has 1 unspecified atom stereocenters. The van der Waals surface area contributed by atoms with Crippen molar-refractivity contribution in [2.24, 2.45) is 5.92 Å². The number of carbonyl (C=O) groups is 2. The molecular weight excluding hydrogens is 184 g/mol. The minimum absolute atomic E-state index is 0.0813. The molecular formula is C9H16N2O3. The number of aliphatic carboxylic acids is 1. The van der Waals surface area contributed by atoms with E-state index in [1.54, 1.807) is 0 Å². The molecule has 1 saturated heterocycles. The molecule has 2 N–H and O–H groups in total. The number of hydrogen-bond acceptors (Lipinski definition) is 3. The topological polar surface area (TPSA) is 69.6 Å². The Balaban J connectivity index is 2.58. The third-order valence-electron chi connectivity index (χ3n) is 2.28. The van der Waals surface area contributed by atoms with Crippen LogP contribution in [-0.4, -0.2) is 48.1 Å². The van der Waals surface area contributed by atoms with Crippen molar-refractivity contribution in [1.29, 1.82) is 0 Å². The van der Waals surface area contributed by atoms with Crippen molar-refractivity contribution >= 4 is 11.9 Å². The number of amides is 1. The van der Waals surface area contributed by atoms with Gasteiger partial charge >= 0.3 is 5.97 Å². The molecule has 0 aromatic carbocycles. The highest BCUT2D eigenvalue weighted by molar-refractivity contribution is 5.80. The summed E-state index contributed by atoms with van der Waals surface area (Å²) in [6.45, 7) is 3.81. The maximum Gasteiger partial charge on any atom is 0.309 e. The molecule has 0 aliphatic carbocycles. The van der Waals surface area contributed by atoms with E-state index in [0.29, 0.717) is 13.1 Å². The van der Waals surface area contributed by atoms with Gasteiger partial charge in [0.25, 0.3) is 0 Å². The second-order valence-corrected chi connectivity index (χ2v) is 3.57. The first kappa shape index (κ1) is 11.0. The van der Waals surface area contributed by atoms with Crippen LogP contribution in [0.2, 0.25) is 0 Å². The van der Waals surface area contributed by atoms with E-state index in [2.05, 4.69) is 5.32 Å². The summed E-state index contributed by atoms with van der Waals surface area (Å²) in [6, 6.07) is 0. The number of rotatable bonds is 3. The first-order chi connectivity index (χ1) is 6.63. The monoisotopic (exact) mass is 200 g/mol. The lowest BCUT2D eigenvalue weighted by Crippen LogP contribution is -2.34. The molecule has 0 radical (unpaired) electrons. The van der Waals surface area contributed by atoms with Crippen molar-refractivity contribution in [3.63, 3.8) is 0 Å². The molecule has 0 aromatic heterocycles. The van der Waals surface area contributed by atoms with Gasteiger partial charge in [-0.3, -0.25) is 14.5 Å². The van der Waals surface area contributed by atoms with E-state index < -0.39 is 11.9 Å². The van der Waals surface area contributed by atoms with E-state index in [1.807, 2.05) is 11.8 Å². The van der Waals surface area contributed by atoms with Gasteiger partial charge in [-0.25, -0.2) is 0 Å².